The number of pyridine rings is 2. The largest absolute Gasteiger partial charge is 0.457 e. The number of carbonyl (C=O) groups is 3. The predicted octanol–water partition coefficient (Wildman–Crippen LogP) is 2.52. The summed E-state index contributed by atoms with van der Waals surface area (Å²) in [5.74, 6) is -1.87. The van der Waals surface area contributed by atoms with Crippen LogP contribution in [0.25, 0.3) is 22.3 Å². The molecule has 0 radical (unpaired) electrons. The maximum absolute atomic E-state index is 14.6. The Hall–Kier alpha value is -4.13. The molecule has 3 aromatic rings. The van der Waals surface area contributed by atoms with Crippen molar-refractivity contribution < 1.29 is 33.0 Å². The molecule has 2 aliphatic heterocycles. The summed E-state index contributed by atoms with van der Waals surface area (Å²) in [5, 5.41) is 2.75. The van der Waals surface area contributed by atoms with Crippen LogP contribution in [0, 0.1) is 5.82 Å². The van der Waals surface area contributed by atoms with Crippen molar-refractivity contribution in [1.29, 1.82) is 0 Å². The van der Waals surface area contributed by atoms with E-state index >= 15 is 0 Å². The molecule has 0 spiro atoms. The van der Waals surface area contributed by atoms with Crippen LogP contribution < -0.4 is 20.3 Å². The van der Waals surface area contributed by atoms with E-state index in [4.69, 9.17) is 14.2 Å². The van der Waals surface area contributed by atoms with Crippen molar-refractivity contribution in [1.82, 2.24) is 19.6 Å². The number of nitrogens with zero attached hydrogens (tertiary/aromatic N) is 2. The third-order valence-electron chi connectivity index (χ3n) is 6.29. The highest BCUT2D eigenvalue weighted by atomic mass is 32.1. The highest BCUT2D eigenvalue weighted by Gasteiger charge is 2.50. The van der Waals surface area contributed by atoms with Gasteiger partial charge in [-0.2, -0.15) is 0 Å². The molecule has 2 N–H and O–H groups in total. The molecule has 13 heteroatoms. The van der Waals surface area contributed by atoms with Crippen molar-refractivity contribution >= 4 is 41.9 Å². The van der Waals surface area contributed by atoms with E-state index in [9.17, 15) is 23.6 Å². The Labute approximate surface area is 208 Å². The van der Waals surface area contributed by atoms with E-state index < -0.39 is 35.1 Å². The van der Waals surface area contributed by atoms with Gasteiger partial charge in [0.05, 0.1) is 29.0 Å². The molecule has 2 aromatic heterocycles. The number of carbonyl (C=O) groups excluding carboxylic acids is 3. The minimum atomic E-state index is -1.85. The first-order chi connectivity index (χ1) is 17.2. The standard InChI is InChI=1S/C23H19FN4O7S/c1-3-23(35-22(32)27-36)13-6-16-18-11(8-28(16)19(29)12(13)9-33-20(23)30)4-10-5-17(34-21(31)25-2)14(24)7-15(10)26-18/h4-7,36H,3,8-9H2,1-2H3,(H,25,31)(H,27,32)/t23-/m0/s1. The van der Waals surface area contributed by atoms with Gasteiger partial charge in [-0.1, -0.05) is 19.7 Å². The Balaban J connectivity index is 1.68. The van der Waals surface area contributed by atoms with Crippen LogP contribution in [0.4, 0.5) is 14.0 Å². The van der Waals surface area contributed by atoms with E-state index in [0.717, 1.165) is 6.07 Å². The van der Waals surface area contributed by atoms with E-state index in [2.05, 4.69) is 23.1 Å². The Morgan fingerprint density at radius 2 is 2.03 bits per heavy atom. The summed E-state index contributed by atoms with van der Waals surface area (Å²) in [4.78, 5) is 54.4. The minimum Gasteiger partial charge on any atom is -0.457 e. The van der Waals surface area contributed by atoms with Crippen molar-refractivity contribution in [3.8, 4) is 17.1 Å². The lowest BCUT2D eigenvalue weighted by molar-refractivity contribution is -0.172. The van der Waals surface area contributed by atoms with Crippen molar-refractivity contribution in [3.63, 3.8) is 0 Å². The third-order valence-corrected chi connectivity index (χ3v) is 6.48. The van der Waals surface area contributed by atoms with Crippen molar-refractivity contribution in [2.75, 3.05) is 7.05 Å². The average Bonchev–Trinajstić information content (AvgIpc) is 3.22. The summed E-state index contributed by atoms with van der Waals surface area (Å²) in [7, 11) is 1.35. The molecule has 1 aromatic carbocycles. The topological polar surface area (TPSA) is 138 Å². The molecule has 0 bridgehead atoms. The highest BCUT2D eigenvalue weighted by Crippen LogP contribution is 2.41. The number of fused-ring (bicyclic) bond motifs is 5. The molecule has 1 atom stereocenters. The zero-order valence-electron chi connectivity index (χ0n) is 19.0. The van der Waals surface area contributed by atoms with Crippen LogP contribution in [0.15, 0.2) is 29.1 Å². The van der Waals surface area contributed by atoms with Gasteiger partial charge < -0.3 is 24.1 Å². The van der Waals surface area contributed by atoms with Crippen molar-refractivity contribution in [2.24, 2.45) is 0 Å². The lowest BCUT2D eigenvalue weighted by Crippen LogP contribution is -2.48. The molecule has 186 valence electrons. The number of thiol groups is 1. The van der Waals surface area contributed by atoms with Gasteiger partial charge in [0.2, 0.25) is 5.60 Å². The zero-order valence-corrected chi connectivity index (χ0v) is 19.9. The first-order valence-corrected chi connectivity index (χ1v) is 11.3. The number of amides is 2. The van der Waals surface area contributed by atoms with E-state index in [-0.39, 0.29) is 42.0 Å². The number of benzene rings is 1. The van der Waals surface area contributed by atoms with E-state index in [1.807, 2.05) is 4.72 Å². The maximum atomic E-state index is 14.6. The van der Waals surface area contributed by atoms with Crippen LogP contribution in [-0.4, -0.2) is 34.8 Å². The molecule has 0 fully saturated rings. The molecule has 2 aliphatic rings. The predicted molar refractivity (Wildman–Crippen MR) is 126 cm³/mol. The second-order valence-corrected chi connectivity index (χ2v) is 8.41. The molecule has 36 heavy (non-hydrogen) atoms. The Morgan fingerprint density at radius 1 is 1.25 bits per heavy atom. The fourth-order valence-corrected chi connectivity index (χ4v) is 4.60. The third kappa shape index (κ3) is 3.46. The second kappa shape index (κ2) is 8.52. The number of aromatic nitrogens is 2. The second-order valence-electron chi connectivity index (χ2n) is 8.18. The number of hydrogen-bond acceptors (Lipinski definition) is 9. The fourth-order valence-electron chi connectivity index (χ4n) is 4.55. The summed E-state index contributed by atoms with van der Waals surface area (Å²) < 4.78 is 33.6. The molecule has 0 unspecified atom stereocenters. The summed E-state index contributed by atoms with van der Waals surface area (Å²) in [6.45, 7) is 1.50. The van der Waals surface area contributed by atoms with Crippen molar-refractivity contribution in [2.45, 2.75) is 32.1 Å². The first kappa shape index (κ1) is 23.6. The maximum Gasteiger partial charge on any atom is 0.418 e. The number of esters is 1. The van der Waals surface area contributed by atoms with Gasteiger partial charge >= 0.3 is 18.2 Å². The Bertz CT molecular complexity index is 1540. The van der Waals surface area contributed by atoms with Crippen LogP contribution in [0.2, 0.25) is 0 Å². The number of halogens is 1. The minimum absolute atomic E-state index is 0.000254. The van der Waals surface area contributed by atoms with Gasteiger partial charge in [-0.25, -0.2) is 23.8 Å². The number of ether oxygens (including phenoxy) is 3. The molecule has 0 saturated heterocycles. The van der Waals surface area contributed by atoms with Gasteiger partial charge in [0.25, 0.3) is 5.56 Å². The molecule has 0 aliphatic carbocycles. The first-order valence-electron chi connectivity index (χ1n) is 10.8. The van der Waals surface area contributed by atoms with Gasteiger partial charge in [-0.3, -0.25) is 9.52 Å². The number of nitrogens with one attached hydrogen (secondary N) is 2. The molecule has 4 heterocycles. The lowest BCUT2D eigenvalue weighted by atomic mass is 9.85. The Morgan fingerprint density at radius 3 is 2.72 bits per heavy atom. The summed E-state index contributed by atoms with van der Waals surface area (Å²) >= 11 is 3.67. The number of hydrogen-bond donors (Lipinski definition) is 3. The van der Waals surface area contributed by atoms with Crippen LogP contribution in [0.5, 0.6) is 5.75 Å². The molecular formula is C23H19FN4O7S. The van der Waals surface area contributed by atoms with Crippen LogP contribution >= 0.6 is 12.8 Å². The average molecular weight is 514 g/mol. The van der Waals surface area contributed by atoms with Gasteiger partial charge in [0, 0.05) is 29.6 Å². The SMILES string of the molecule is CC[C@@]1(OC(=O)NS)C(=O)OCc2c1cc1n(c2=O)Cc2cc3cc(OC(=O)NC)c(F)cc3nc2-1. The zero-order chi connectivity index (χ0) is 25.8. The van der Waals surface area contributed by atoms with Gasteiger partial charge in [-0.15, -0.1) is 0 Å². The van der Waals surface area contributed by atoms with Crippen LogP contribution in [-0.2, 0) is 33.0 Å². The molecule has 5 rings (SSSR count). The van der Waals surface area contributed by atoms with E-state index in [1.165, 1.54) is 17.7 Å². The van der Waals surface area contributed by atoms with E-state index in [0.29, 0.717) is 22.3 Å². The Kier molecular flexibility index (Phi) is 5.58. The summed E-state index contributed by atoms with van der Waals surface area (Å²) in [5.41, 5.74) is -0.203. The number of rotatable bonds is 3. The van der Waals surface area contributed by atoms with Gasteiger partial charge in [0.15, 0.2) is 11.6 Å². The van der Waals surface area contributed by atoms with E-state index in [1.54, 1.807) is 19.1 Å². The van der Waals surface area contributed by atoms with Crippen molar-refractivity contribution in [3.05, 3.63) is 57.1 Å². The molecule has 2 amide bonds. The quantitative estimate of drug-likeness (QED) is 0.280. The highest BCUT2D eigenvalue weighted by molar-refractivity contribution is 7.78. The summed E-state index contributed by atoms with van der Waals surface area (Å²) in [6.07, 6.45) is -1.81. The van der Waals surface area contributed by atoms with Gasteiger partial charge in [0.1, 0.15) is 6.61 Å². The fraction of sp³-hybridized carbons (Fsp3) is 0.261. The normalized spacial score (nSPS) is 17.5. The summed E-state index contributed by atoms with van der Waals surface area (Å²) in [6, 6.07) is 5.78. The smallest absolute Gasteiger partial charge is 0.418 e. The monoisotopic (exact) mass is 514 g/mol. The number of cyclic esters (lactones) is 1. The van der Waals surface area contributed by atoms with Gasteiger partial charge in [-0.05, 0) is 24.6 Å². The molecule has 11 nitrogen and oxygen atoms in total. The molecular weight excluding hydrogens is 495 g/mol. The van der Waals surface area contributed by atoms with Crippen LogP contribution in [0.3, 0.4) is 0 Å². The van der Waals surface area contributed by atoms with Crippen LogP contribution in [0.1, 0.15) is 30.0 Å². The molecule has 0 saturated carbocycles. The lowest BCUT2D eigenvalue weighted by Gasteiger charge is -2.35.